The minimum Gasteiger partial charge on any atom is -0.364 e. The molecule has 164 valence electrons. The lowest BCUT2D eigenvalue weighted by atomic mass is 9.69. The largest absolute Gasteiger partial charge is 0.364 e. The number of hydrogen-bond donors (Lipinski definition) is 0. The molecule has 4 bridgehead atoms. The fourth-order valence-electron chi connectivity index (χ4n) is 5.94. The van der Waals surface area contributed by atoms with Crippen LogP contribution in [0, 0.1) is 11.8 Å². The van der Waals surface area contributed by atoms with E-state index in [9.17, 15) is 9.59 Å². The summed E-state index contributed by atoms with van der Waals surface area (Å²) in [5.41, 5.74) is 3.28. The summed E-state index contributed by atoms with van der Waals surface area (Å²) in [6, 6.07) is 8.16. The van der Waals surface area contributed by atoms with Crippen LogP contribution in [-0.2, 0) is 19.1 Å². The molecular weight excluding hydrogens is 388 g/mol. The van der Waals surface area contributed by atoms with Crippen LogP contribution in [0.15, 0.2) is 35.4 Å². The van der Waals surface area contributed by atoms with Crippen LogP contribution in [0.4, 0.5) is 0 Å². The highest BCUT2D eigenvalue weighted by Gasteiger charge is 2.49. The third kappa shape index (κ3) is 3.64. The maximum atomic E-state index is 12.9. The van der Waals surface area contributed by atoms with Crippen molar-refractivity contribution in [3.05, 3.63) is 46.5 Å². The Hall–Kier alpha value is -2.04. The summed E-state index contributed by atoms with van der Waals surface area (Å²) in [5, 5.41) is 0. The van der Waals surface area contributed by atoms with Crippen molar-refractivity contribution in [3.63, 3.8) is 0 Å². The quantitative estimate of drug-likeness (QED) is 0.621. The predicted octanol–water partition coefficient (Wildman–Crippen LogP) is 5.16. The molecule has 4 aliphatic heterocycles. The van der Waals surface area contributed by atoms with Gasteiger partial charge in [-0.1, -0.05) is 24.3 Å². The van der Waals surface area contributed by atoms with Crippen molar-refractivity contribution in [2.45, 2.75) is 83.2 Å². The number of Topliss-reactive ketones (excluding diaryl/α,β-unsaturated/α-hetero) is 2. The molecule has 4 atom stereocenters. The molecular formula is C27H32O4. The minimum absolute atomic E-state index is 0.143. The molecule has 2 aliphatic carbocycles. The normalized spacial score (nSPS) is 36.3. The SMILES string of the molecule is CC1(C)OC2CCC1C/C(=C\c1ccc(/C=C3/C(=O)C4CCC3C(C)(C)O4)cc1)C2=O. The summed E-state index contributed by atoms with van der Waals surface area (Å²) >= 11 is 0. The van der Waals surface area contributed by atoms with Gasteiger partial charge in [0.1, 0.15) is 12.2 Å². The lowest BCUT2D eigenvalue weighted by Crippen LogP contribution is -2.54. The first kappa shape index (κ1) is 20.8. The highest BCUT2D eigenvalue weighted by Crippen LogP contribution is 2.46. The van der Waals surface area contributed by atoms with Crippen molar-refractivity contribution < 1.29 is 19.1 Å². The van der Waals surface area contributed by atoms with Crippen LogP contribution in [0.2, 0.25) is 0 Å². The number of fused-ring (bicyclic) bond motifs is 7. The predicted molar refractivity (Wildman–Crippen MR) is 120 cm³/mol. The van der Waals surface area contributed by atoms with Crippen LogP contribution in [0.5, 0.6) is 0 Å². The monoisotopic (exact) mass is 420 g/mol. The number of carbonyl (C=O) groups excluding carboxylic acids is 2. The van der Waals surface area contributed by atoms with Crippen LogP contribution in [0.25, 0.3) is 12.2 Å². The number of benzene rings is 1. The fourth-order valence-corrected chi connectivity index (χ4v) is 5.94. The fraction of sp³-hybridized carbons (Fsp3) is 0.556. The number of hydrogen-bond acceptors (Lipinski definition) is 4. The third-order valence-corrected chi connectivity index (χ3v) is 7.84. The van der Waals surface area contributed by atoms with Crippen LogP contribution in [0.3, 0.4) is 0 Å². The molecule has 7 rings (SSSR count). The van der Waals surface area contributed by atoms with Crippen LogP contribution in [-0.4, -0.2) is 35.0 Å². The van der Waals surface area contributed by atoms with E-state index >= 15 is 0 Å². The highest BCUT2D eigenvalue weighted by molar-refractivity contribution is 6.05. The Labute approximate surface area is 184 Å². The zero-order chi connectivity index (χ0) is 22.0. The summed E-state index contributed by atoms with van der Waals surface area (Å²) in [5.74, 6) is 0.812. The van der Waals surface area contributed by atoms with E-state index in [0.29, 0.717) is 5.92 Å². The molecule has 4 heterocycles. The third-order valence-electron chi connectivity index (χ3n) is 7.84. The molecule has 0 N–H and O–H groups in total. The van der Waals surface area contributed by atoms with E-state index in [2.05, 4.69) is 27.7 Å². The van der Waals surface area contributed by atoms with Gasteiger partial charge in [0.25, 0.3) is 0 Å². The van der Waals surface area contributed by atoms with Crippen LogP contribution < -0.4 is 0 Å². The second-order valence-electron chi connectivity index (χ2n) is 10.7. The molecule has 0 spiro atoms. The lowest BCUT2D eigenvalue weighted by molar-refractivity contribution is -0.172. The molecule has 2 saturated carbocycles. The van der Waals surface area contributed by atoms with E-state index in [1.807, 2.05) is 36.4 Å². The minimum atomic E-state index is -0.303. The van der Waals surface area contributed by atoms with Gasteiger partial charge in [0.15, 0.2) is 11.6 Å². The summed E-state index contributed by atoms with van der Waals surface area (Å²) in [6.07, 6.45) is 7.95. The van der Waals surface area contributed by atoms with Crippen molar-refractivity contribution in [1.29, 1.82) is 0 Å². The number of carbonyl (C=O) groups is 2. The number of ketones is 2. The first-order chi connectivity index (χ1) is 14.6. The molecule has 31 heavy (non-hydrogen) atoms. The topological polar surface area (TPSA) is 52.6 Å². The van der Waals surface area contributed by atoms with Crippen molar-refractivity contribution in [3.8, 4) is 0 Å². The summed E-state index contributed by atoms with van der Waals surface area (Å²) in [4.78, 5) is 25.7. The molecule has 1 aromatic rings. The molecule has 1 aromatic carbocycles. The second-order valence-corrected chi connectivity index (χ2v) is 10.7. The summed E-state index contributed by atoms with van der Waals surface area (Å²) < 4.78 is 12.1. The number of rotatable bonds is 2. The van der Waals surface area contributed by atoms with Gasteiger partial charge in [-0.25, -0.2) is 0 Å². The molecule has 4 nitrogen and oxygen atoms in total. The Morgan fingerprint density at radius 2 is 1.35 bits per heavy atom. The Bertz CT molecular complexity index is 979. The standard InChI is InChI=1S/C27H32O4/c1-26(2)19-9-11-22(30-26)24(28)18(15-19)13-16-5-7-17(8-6-16)14-20-21-10-12-23(25(20)29)31-27(21,3)4/h5-8,13-14,19,21-23H,9-12,15H2,1-4H3/b18-13+,20-14+. The Morgan fingerprint density at radius 1 is 0.774 bits per heavy atom. The molecule has 0 aromatic heterocycles. The number of ether oxygens (including phenoxy) is 2. The Kier molecular flexibility index (Phi) is 4.87. The lowest BCUT2D eigenvalue weighted by Gasteiger charge is -2.48. The molecule has 0 amide bonds. The molecule has 4 unspecified atom stereocenters. The maximum absolute atomic E-state index is 12.9. The van der Waals surface area contributed by atoms with E-state index < -0.39 is 0 Å². The molecule has 6 aliphatic rings. The van der Waals surface area contributed by atoms with Gasteiger partial charge >= 0.3 is 0 Å². The van der Waals surface area contributed by atoms with Crippen molar-refractivity contribution in [1.82, 2.24) is 0 Å². The molecule has 4 heteroatoms. The molecule has 6 fully saturated rings. The first-order valence-corrected chi connectivity index (χ1v) is 11.6. The van der Waals surface area contributed by atoms with Crippen molar-refractivity contribution >= 4 is 23.7 Å². The zero-order valence-corrected chi connectivity index (χ0v) is 18.9. The van der Waals surface area contributed by atoms with E-state index in [1.165, 1.54) is 0 Å². The van der Waals surface area contributed by atoms with Gasteiger partial charge in [-0.2, -0.15) is 0 Å². The molecule has 0 radical (unpaired) electrons. The molecule has 4 saturated heterocycles. The van der Waals surface area contributed by atoms with Gasteiger partial charge < -0.3 is 9.47 Å². The van der Waals surface area contributed by atoms with Crippen LogP contribution in [0.1, 0.15) is 70.9 Å². The average molecular weight is 421 g/mol. The van der Waals surface area contributed by atoms with Gasteiger partial charge in [0.2, 0.25) is 0 Å². The smallest absolute Gasteiger partial charge is 0.187 e. The Balaban J connectivity index is 1.39. The van der Waals surface area contributed by atoms with Gasteiger partial charge in [0.05, 0.1) is 11.2 Å². The van der Waals surface area contributed by atoms with Crippen molar-refractivity contribution in [2.75, 3.05) is 0 Å². The van der Waals surface area contributed by atoms with E-state index in [-0.39, 0.29) is 40.9 Å². The van der Waals surface area contributed by atoms with E-state index in [4.69, 9.17) is 9.47 Å². The average Bonchev–Trinajstić information content (AvgIpc) is 2.90. The van der Waals surface area contributed by atoms with Gasteiger partial charge in [0, 0.05) is 11.5 Å². The maximum Gasteiger partial charge on any atom is 0.187 e. The first-order valence-electron chi connectivity index (χ1n) is 11.6. The zero-order valence-electron chi connectivity index (χ0n) is 18.9. The van der Waals surface area contributed by atoms with Gasteiger partial charge in [-0.15, -0.1) is 0 Å². The summed E-state index contributed by atoms with van der Waals surface area (Å²) in [7, 11) is 0. The van der Waals surface area contributed by atoms with Crippen molar-refractivity contribution in [2.24, 2.45) is 11.8 Å². The summed E-state index contributed by atoms with van der Waals surface area (Å²) in [6.45, 7) is 8.38. The van der Waals surface area contributed by atoms with Gasteiger partial charge in [-0.05, 0) is 94.6 Å². The van der Waals surface area contributed by atoms with Crippen LogP contribution >= 0.6 is 0 Å². The van der Waals surface area contributed by atoms with E-state index in [0.717, 1.165) is 54.4 Å². The highest BCUT2D eigenvalue weighted by atomic mass is 16.5. The Morgan fingerprint density at radius 3 is 2.00 bits per heavy atom. The second kappa shape index (κ2) is 7.25. The van der Waals surface area contributed by atoms with Gasteiger partial charge in [-0.3, -0.25) is 9.59 Å². The van der Waals surface area contributed by atoms with E-state index in [1.54, 1.807) is 0 Å².